The van der Waals surface area contributed by atoms with E-state index in [1.807, 2.05) is 0 Å². The molecule has 0 aliphatic carbocycles. The summed E-state index contributed by atoms with van der Waals surface area (Å²) in [5.41, 5.74) is 5.90. The molecule has 0 bridgehead atoms. The van der Waals surface area contributed by atoms with Gasteiger partial charge in [0.15, 0.2) is 0 Å². The minimum Gasteiger partial charge on any atom is -0.352 e. The van der Waals surface area contributed by atoms with Crippen LogP contribution in [-0.4, -0.2) is 18.9 Å². The van der Waals surface area contributed by atoms with Crippen LogP contribution in [0.15, 0.2) is 24.3 Å². The fourth-order valence-electron chi connectivity index (χ4n) is 1.30. The molecule has 3 N–H and O–H groups in total. The molecule has 1 unspecified atom stereocenters. The van der Waals surface area contributed by atoms with Crippen molar-refractivity contribution in [2.24, 2.45) is 5.73 Å². The predicted octanol–water partition coefficient (Wildman–Crippen LogP) is 1.70. The Kier molecular flexibility index (Phi) is 4.37. The van der Waals surface area contributed by atoms with Gasteiger partial charge in [0.05, 0.1) is 6.04 Å². The van der Waals surface area contributed by atoms with Crippen LogP contribution in [0, 0.1) is 0 Å². The van der Waals surface area contributed by atoms with Gasteiger partial charge in [-0.1, -0.05) is 12.1 Å². The summed E-state index contributed by atoms with van der Waals surface area (Å²) >= 11 is 0. The predicted molar refractivity (Wildman–Crippen MR) is 57.4 cm³/mol. The zero-order chi connectivity index (χ0) is 12.1. The van der Waals surface area contributed by atoms with Crippen LogP contribution in [-0.2, 0) is 0 Å². The number of carbonyl (C=O) groups excluding carboxylic acids is 1. The summed E-state index contributed by atoms with van der Waals surface area (Å²) in [5, 5.41) is 2.59. The SMILES string of the molecule is CCNC(=O)c1cccc(C(N)C(F)F)c1. The van der Waals surface area contributed by atoms with E-state index in [9.17, 15) is 13.6 Å². The third-order valence-corrected chi connectivity index (χ3v) is 2.14. The minimum absolute atomic E-state index is 0.263. The summed E-state index contributed by atoms with van der Waals surface area (Å²) in [6.45, 7) is 2.27. The minimum atomic E-state index is -2.63. The molecule has 16 heavy (non-hydrogen) atoms. The van der Waals surface area contributed by atoms with Crippen molar-refractivity contribution >= 4 is 5.91 Å². The highest BCUT2D eigenvalue weighted by Crippen LogP contribution is 2.18. The van der Waals surface area contributed by atoms with Crippen LogP contribution in [0.1, 0.15) is 28.9 Å². The average Bonchev–Trinajstić information content (AvgIpc) is 2.28. The molecule has 1 rings (SSSR count). The number of hydrogen-bond acceptors (Lipinski definition) is 2. The van der Waals surface area contributed by atoms with E-state index in [0.717, 1.165) is 0 Å². The van der Waals surface area contributed by atoms with Gasteiger partial charge < -0.3 is 11.1 Å². The number of amides is 1. The molecule has 0 fully saturated rings. The number of carbonyl (C=O) groups is 1. The van der Waals surface area contributed by atoms with Crippen LogP contribution in [0.2, 0.25) is 0 Å². The maximum absolute atomic E-state index is 12.4. The maximum atomic E-state index is 12.4. The monoisotopic (exact) mass is 228 g/mol. The first-order valence-electron chi connectivity index (χ1n) is 4.98. The number of nitrogens with two attached hydrogens (primary N) is 1. The van der Waals surface area contributed by atoms with Crippen molar-refractivity contribution in [3.05, 3.63) is 35.4 Å². The first kappa shape index (κ1) is 12.6. The molecule has 0 aliphatic heterocycles. The molecule has 3 nitrogen and oxygen atoms in total. The van der Waals surface area contributed by atoms with Crippen LogP contribution in [0.5, 0.6) is 0 Å². The Hall–Kier alpha value is -1.49. The Labute approximate surface area is 92.6 Å². The Balaban J connectivity index is 2.90. The van der Waals surface area contributed by atoms with Crippen LogP contribution in [0.25, 0.3) is 0 Å². The normalized spacial score (nSPS) is 12.6. The molecule has 5 heteroatoms. The van der Waals surface area contributed by atoms with E-state index >= 15 is 0 Å². The van der Waals surface area contributed by atoms with Crippen LogP contribution in [0.3, 0.4) is 0 Å². The molecule has 1 atom stereocenters. The van der Waals surface area contributed by atoms with Crippen molar-refractivity contribution in [2.45, 2.75) is 19.4 Å². The first-order valence-corrected chi connectivity index (χ1v) is 4.98. The molecule has 1 aromatic rings. The molecule has 1 aromatic carbocycles. The van der Waals surface area contributed by atoms with E-state index in [0.29, 0.717) is 12.1 Å². The smallest absolute Gasteiger partial charge is 0.257 e. The van der Waals surface area contributed by atoms with E-state index in [2.05, 4.69) is 5.32 Å². The average molecular weight is 228 g/mol. The Bertz CT molecular complexity index is 369. The fourth-order valence-corrected chi connectivity index (χ4v) is 1.30. The summed E-state index contributed by atoms with van der Waals surface area (Å²) in [7, 11) is 0. The van der Waals surface area contributed by atoms with Crippen LogP contribution >= 0.6 is 0 Å². The van der Waals surface area contributed by atoms with E-state index in [4.69, 9.17) is 5.73 Å². The Morgan fingerprint density at radius 1 is 1.50 bits per heavy atom. The van der Waals surface area contributed by atoms with Crippen molar-refractivity contribution in [2.75, 3.05) is 6.54 Å². The lowest BCUT2D eigenvalue weighted by molar-refractivity contribution is 0.0954. The molecule has 0 aromatic heterocycles. The van der Waals surface area contributed by atoms with E-state index in [1.165, 1.54) is 12.1 Å². The quantitative estimate of drug-likeness (QED) is 0.824. The van der Waals surface area contributed by atoms with Gasteiger partial charge in [-0.05, 0) is 24.6 Å². The summed E-state index contributed by atoms with van der Waals surface area (Å²) in [6.07, 6.45) is -2.63. The maximum Gasteiger partial charge on any atom is 0.257 e. The topological polar surface area (TPSA) is 55.1 Å². The molecule has 88 valence electrons. The highest BCUT2D eigenvalue weighted by Gasteiger charge is 2.18. The van der Waals surface area contributed by atoms with Crippen LogP contribution in [0.4, 0.5) is 8.78 Å². The summed E-state index contributed by atoms with van der Waals surface area (Å²) < 4.78 is 24.7. The summed E-state index contributed by atoms with van der Waals surface area (Å²) in [5.74, 6) is -0.286. The van der Waals surface area contributed by atoms with Gasteiger partial charge in [-0.3, -0.25) is 4.79 Å². The lowest BCUT2D eigenvalue weighted by Gasteiger charge is -2.11. The second-order valence-electron chi connectivity index (χ2n) is 3.35. The summed E-state index contributed by atoms with van der Waals surface area (Å²) in [6, 6.07) is 4.63. The molecule has 0 saturated heterocycles. The highest BCUT2D eigenvalue weighted by atomic mass is 19.3. The van der Waals surface area contributed by atoms with Gasteiger partial charge in [-0.15, -0.1) is 0 Å². The highest BCUT2D eigenvalue weighted by molar-refractivity contribution is 5.94. The number of nitrogens with one attached hydrogen (secondary N) is 1. The number of benzene rings is 1. The van der Waals surface area contributed by atoms with Gasteiger partial charge in [-0.2, -0.15) is 0 Å². The lowest BCUT2D eigenvalue weighted by Crippen LogP contribution is -2.24. The van der Waals surface area contributed by atoms with Crippen molar-refractivity contribution in [3.8, 4) is 0 Å². The van der Waals surface area contributed by atoms with Crippen molar-refractivity contribution in [1.29, 1.82) is 0 Å². The van der Waals surface area contributed by atoms with Gasteiger partial charge in [0.1, 0.15) is 0 Å². The van der Waals surface area contributed by atoms with Crippen molar-refractivity contribution in [3.63, 3.8) is 0 Å². The number of halogens is 2. The van der Waals surface area contributed by atoms with Gasteiger partial charge >= 0.3 is 0 Å². The largest absolute Gasteiger partial charge is 0.352 e. The van der Waals surface area contributed by atoms with Crippen molar-refractivity contribution < 1.29 is 13.6 Å². The lowest BCUT2D eigenvalue weighted by atomic mass is 10.0. The Morgan fingerprint density at radius 3 is 2.75 bits per heavy atom. The molecule has 0 radical (unpaired) electrons. The number of alkyl halides is 2. The van der Waals surface area contributed by atoms with E-state index in [1.54, 1.807) is 19.1 Å². The first-order chi connectivity index (χ1) is 7.56. The number of rotatable bonds is 4. The van der Waals surface area contributed by atoms with Gasteiger partial charge in [-0.25, -0.2) is 8.78 Å². The molecular weight excluding hydrogens is 214 g/mol. The zero-order valence-corrected chi connectivity index (χ0v) is 8.91. The molecule has 0 saturated carbocycles. The van der Waals surface area contributed by atoms with E-state index in [-0.39, 0.29) is 11.5 Å². The molecule has 1 amide bonds. The zero-order valence-electron chi connectivity index (χ0n) is 8.91. The van der Waals surface area contributed by atoms with Gasteiger partial charge in [0, 0.05) is 12.1 Å². The van der Waals surface area contributed by atoms with Gasteiger partial charge in [0.25, 0.3) is 12.3 Å². The Morgan fingerprint density at radius 2 is 2.19 bits per heavy atom. The molecule has 0 heterocycles. The third-order valence-electron chi connectivity index (χ3n) is 2.14. The summed E-state index contributed by atoms with van der Waals surface area (Å²) in [4.78, 5) is 11.4. The third kappa shape index (κ3) is 3.00. The fraction of sp³-hybridized carbons (Fsp3) is 0.364. The van der Waals surface area contributed by atoms with E-state index < -0.39 is 12.5 Å². The number of hydrogen-bond donors (Lipinski definition) is 2. The van der Waals surface area contributed by atoms with Gasteiger partial charge in [0.2, 0.25) is 0 Å². The second-order valence-corrected chi connectivity index (χ2v) is 3.35. The molecule has 0 aliphatic rings. The molecule has 0 spiro atoms. The van der Waals surface area contributed by atoms with Crippen molar-refractivity contribution in [1.82, 2.24) is 5.32 Å². The van der Waals surface area contributed by atoms with Crippen LogP contribution < -0.4 is 11.1 Å². The molecular formula is C11H14F2N2O. The second kappa shape index (κ2) is 5.55. The standard InChI is InChI=1S/C11H14F2N2O/c1-2-15-11(16)8-5-3-4-7(6-8)9(14)10(12)13/h3-6,9-10H,2,14H2,1H3,(H,15,16).